The van der Waals surface area contributed by atoms with Gasteiger partial charge in [0.15, 0.2) is 0 Å². The van der Waals surface area contributed by atoms with Gasteiger partial charge in [0.1, 0.15) is 0 Å². The molecule has 0 aliphatic carbocycles. The van der Waals surface area contributed by atoms with E-state index in [1.807, 2.05) is 0 Å². The van der Waals surface area contributed by atoms with Gasteiger partial charge < -0.3 is 10.3 Å². The molecule has 0 saturated carbocycles. The number of nitrogens with zero attached hydrogens (tertiary/aromatic N) is 2. The van der Waals surface area contributed by atoms with Crippen molar-refractivity contribution in [2.45, 2.75) is 0 Å². The molecule has 0 radical (unpaired) electrons. The summed E-state index contributed by atoms with van der Waals surface area (Å²) in [5.41, 5.74) is 3.54. The van der Waals surface area contributed by atoms with Gasteiger partial charge in [-0.15, -0.1) is 0 Å². The molecule has 1 aliphatic heterocycles. The van der Waals surface area contributed by atoms with Crippen molar-refractivity contribution in [1.29, 1.82) is 0 Å². The summed E-state index contributed by atoms with van der Waals surface area (Å²) in [4.78, 5) is 14.0. The number of sulfonamides is 1. The van der Waals surface area contributed by atoms with E-state index in [2.05, 4.69) is 5.43 Å². The van der Waals surface area contributed by atoms with E-state index in [-0.39, 0.29) is 5.91 Å². The van der Waals surface area contributed by atoms with Gasteiger partial charge >= 0.3 is 0 Å². The maximum atomic E-state index is 12.4. The third-order valence-electron chi connectivity index (χ3n) is 3.31. The molecule has 0 unspecified atom stereocenters. The van der Waals surface area contributed by atoms with Crippen LogP contribution in [0.15, 0.2) is 24.3 Å². The van der Waals surface area contributed by atoms with Crippen LogP contribution >= 0.6 is 0 Å². The van der Waals surface area contributed by atoms with E-state index in [4.69, 9.17) is 5.84 Å². The third kappa shape index (κ3) is 3.09. The summed E-state index contributed by atoms with van der Waals surface area (Å²) < 4.78 is 24.2. The number of benzene rings is 1. The summed E-state index contributed by atoms with van der Waals surface area (Å²) in [5.74, 6) is 5.24. The number of hydrogen-bond acceptors (Lipinski definition) is 5. The second kappa shape index (κ2) is 5.78. The molecule has 7 nitrogen and oxygen atoms in total. The van der Waals surface area contributed by atoms with Crippen molar-refractivity contribution in [3.05, 3.63) is 29.8 Å². The predicted molar refractivity (Wildman–Crippen MR) is 76.6 cm³/mol. The summed E-state index contributed by atoms with van der Waals surface area (Å²) in [5, 5.41) is 0. The Kier molecular flexibility index (Phi) is 4.26. The zero-order valence-electron chi connectivity index (χ0n) is 11.2. The molecule has 1 amide bonds. The molecule has 1 heterocycles. The Balaban J connectivity index is 2.09. The highest BCUT2D eigenvalue weighted by Gasteiger charge is 2.27. The van der Waals surface area contributed by atoms with E-state index in [1.54, 1.807) is 29.2 Å². The lowest BCUT2D eigenvalue weighted by Crippen LogP contribution is -2.50. The van der Waals surface area contributed by atoms with Gasteiger partial charge in [0.25, 0.3) is 5.91 Å². The third-order valence-corrected chi connectivity index (χ3v) is 4.61. The summed E-state index contributed by atoms with van der Waals surface area (Å²) in [6.45, 7) is 1.40. The van der Waals surface area contributed by atoms with Crippen molar-refractivity contribution in [2.75, 3.05) is 37.9 Å². The van der Waals surface area contributed by atoms with Crippen molar-refractivity contribution >= 4 is 21.6 Å². The molecule has 2 rings (SSSR count). The van der Waals surface area contributed by atoms with Gasteiger partial charge in [-0.25, -0.2) is 8.42 Å². The maximum Gasteiger partial charge on any atom is 0.256 e. The van der Waals surface area contributed by atoms with Gasteiger partial charge in [-0.2, -0.15) is 4.31 Å². The first-order chi connectivity index (χ1) is 9.43. The van der Waals surface area contributed by atoms with Crippen molar-refractivity contribution in [1.82, 2.24) is 9.21 Å². The largest absolute Gasteiger partial charge is 0.336 e. The number of nitrogens with two attached hydrogens (primary N) is 1. The monoisotopic (exact) mass is 298 g/mol. The molecular formula is C12H18N4O3S. The molecule has 0 bridgehead atoms. The zero-order chi connectivity index (χ0) is 14.8. The number of hydrogen-bond donors (Lipinski definition) is 2. The van der Waals surface area contributed by atoms with E-state index >= 15 is 0 Å². The van der Waals surface area contributed by atoms with Crippen LogP contribution in [-0.2, 0) is 10.0 Å². The van der Waals surface area contributed by atoms with Crippen LogP contribution in [0.25, 0.3) is 0 Å². The number of amides is 1. The minimum atomic E-state index is -3.19. The molecular weight excluding hydrogens is 280 g/mol. The molecule has 8 heteroatoms. The number of nitrogen functional groups attached to an aromatic ring is 1. The van der Waals surface area contributed by atoms with Gasteiger partial charge in [0, 0.05) is 26.2 Å². The fourth-order valence-electron chi connectivity index (χ4n) is 2.19. The average Bonchev–Trinajstić information content (AvgIpc) is 2.45. The molecule has 1 saturated heterocycles. The summed E-state index contributed by atoms with van der Waals surface area (Å²) in [6.07, 6.45) is 1.18. The Bertz CT molecular complexity index is 594. The van der Waals surface area contributed by atoms with Gasteiger partial charge in [-0.05, 0) is 12.1 Å². The van der Waals surface area contributed by atoms with Gasteiger partial charge in [-0.1, -0.05) is 12.1 Å². The van der Waals surface area contributed by atoms with Crippen LogP contribution in [0, 0.1) is 0 Å². The number of rotatable bonds is 3. The van der Waals surface area contributed by atoms with Gasteiger partial charge in [-0.3, -0.25) is 10.6 Å². The molecule has 20 heavy (non-hydrogen) atoms. The van der Waals surface area contributed by atoms with Crippen LogP contribution in [0.3, 0.4) is 0 Å². The summed E-state index contributed by atoms with van der Waals surface area (Å²) >= 11 is 0. The lowest BCUT2D eigenvalue weighted by Gasteiger charge is -2.33. The number of para-hydroxylation sites is 1. The summed E-state index contributed by atoms with van der Waals surface area (Å²) in [7, 11) is -3.19. The quantitative estimate of drug-likeness (QED) is 0.589. The summed E-state index contributed by atoms with van der Waals surface area (Å²) in [6, 6.07) is 6.97. The first-order valence-corrected chi connectivity index (χ1v) is 8.08. The lowest BCUT2D eigenvalue weighted by atomic mass is 10.1. The van der Waals surface area contributed by atoms with E-state index in [0.29, 0.717) is 37.4 Å². The van der Waals surface area contributed by atoms with Crippen LogP contribution in [0.4, 0.5) is 5.69 Å². The minimum absolute atomic E-state index is 0.147. The molecule has 110 valence electrons. The van der Waals surface area contributed by atoms with E-state index in [1.165, 1.54) is 10.6 Å². The van der Waals surface area contributed by atoms with Crippen molar-refractivity contribution in [3.8, 4) is 0 Å². The topological polar surface area (TPSA) is 95.7 Å². The highest BCUT2D eigenvalue weighted by molar-refractivity contribution is 7.88. The molecule has 1 aromatic rings. The SMILES string of the molecule is CS(=O)(=O)N1CCN(C(=O)c2ccccc2NN)CC1. The Morgan fingerprint density at radius 1 is 1.20 bits per heavy atom. The number of piperazine rings is 1. The number of nitrogens with one attached hydrogen (secondary N) is 1. The van der Waals surface area contributed by atoms with E-state index in [0.717, 1.165) is 0 Å². The van der Waals surface area contributed by atoms with Crippen LogP contribution in [0.1, 0.15) is 10.4 Å². The normalized spacial score (nSPS) is 17.0. The van der Waals surface area contributed by atoms with Gasteiger partial charge in [0.05, 0.1) is 17.5 Å². The first-order valence-electron chi connectivity index (χ1n) is 6.23. The molecule has 0 aromatic heterocycles. The van der Waals surface area contributed by atoms with Crippen LogP contribution in [0.2, 0.25) is 0 Å². The maximum absolute atomic E-state index is 12.4. The average molecular weight is 298 g/mol. The number of carbonyl (C=O) groups excluding carboxylic acids is 1. The smallest absolute Gasteiger partial charge is 0.256 e. The molecule has 1 fully saturated rings. The van der Waals surface area contributed by atoms with Gasteiger partial charge in [0.2, 0.25) is 10.0 Å². The molecule has 3 N–H and O–H groups in total. The van der Waals surface area contributed by atoms with Crippen molar-refractivity contribution < 1.29 is 13.2 Å². The minimum Gasteiger partial charge on any atom is -0.336 e. The number of hydrazine groups is 1. The van der Waals surface area contributed by atoms with E-state index in [9.17, 15) is 13.2 Å². The highest BCUT2D eigenvalue weighted by Crippen LogP contribution is 2.17. The Morgan fingerprint density at radius 3 is 2.35 bits per heavy atom. The highest BCUT2D eigenvalue weighted by atomic mass is 32.2. The number of anilines is 1. The van der Waals surface area contributed by atoms with Crippen LogP contribution in [0.5, 0.6) is 0 Å². The first kappa shape index (κ1) is 14.8. The Morgan fingerprint density at radius 2 is 1.80 bits per heavy atom. The fourth-order valence-corrected chi connectivity index (χ4v) is 3.02. The molecule has 1 aromatic carbocycles. The Hall–Kier alpha value is -1.64. The molecule has 0 spiro atoms. The fraction of sp³-hybridized carbons (Fsp3) is 0.417. The lowest BCUT2D eigenvalue weighted by molar-refractivity contribution is 0.0699. The Labute approximate surface area is 118 Å². The molecule has 0 atom stereocenters. The second-order valence-corrected chi connectivity index (χ2v) is 6.63. The predicted octanol–water partition coefficient (Wildman–Crippen LogP) is -0.310. The zero-order valence-corrected chi connectivity index (χ0v) is 12.1. The standard InChI is InChI=1S/C12H18N4O3S/c1-20(18,19)16-8-6-15(7-9-16)12(17)10-4-2-3-5-11(10)14-13/h2-5,14H,6-9,13H2,1H3. The van der Waals surface area contributed by atoms with E-state index < -0.39 is 10.0 Å². The van der Waals surface area contributed by atoms with Crippen LogP contribution in [-0.4, -0.2) is 56.0 Å². The second-order valence-electron chi connectivity index (χ2n) is 4.64. The number of carbonyl (C=O) groups is 1. The van der Waals surface area contributed by atoms with Crippen LogP contribution < -0.4 is 11.3 Å². The van der Waals surface area contributed by atoms with Crippen molar-refractivity contribution in [3.63, 3.8) is 0 Å². The van der Waals surface area contributed by atoms with Crippen molar-refractivity contribution in [2.24, 2.45) is 5.84 Å². The molecule has 1 aliphatic rings.